The summed E-state index contributed by atoms with van der Waals surface area (Å²) in [4.78, 5) is 3.95. The fraction of sp³-hybridized carbons (Fsp3) is 0.444. The molecule has 3 heteroatoms. The minimum Gasteiger partial charge on any atom is -0.313 e. The summed E-state index contributed by atoms with van der Waals surface area (Å²) >= 11 is 3.39. The molecule has 0 aliphatic heterocycles. The lowest BCUT2D eigenvalue weighted by Gasteiger charge is -2.02. The molecule has 1 rings (SSSR count). The highest BCUT2D eigenvalue weighted by molar-refractivity contribution is 9.09. The standard InChI is InChI=1S/C9H13BrN2/c10-4-1-5-12-8-9-2-6-11-7-3-9/h2-3,6-7,12H,1,4-5,8H2. The van der Waals surface area contributed by atoms with Gasteiger partial charge in [-0.25, -0.2) is 0 Å². The molecule has 0 fully saturated rings. The maximum absolute atomic E-state index is 3.95. The topological polar surface area (TPSA) is 24.9 Å². The van der Waals surface area contributed by atoms with Gasteiger partial charge >= 0.3 is 0 Å². The molecule has 2 nitrogen and oxygen atoms in total. The molecule has 0 aromatic carbocycles. The van der Waals surface area contributed by atoms with Crippen molar-refractivity contribution >= 4 is 15.9 Å². The van der Waals surface area contributed by atoms with Gasteiger partial charge < -0.3 is 5.32 Å². The molecule has 1 heterocycles. The smallest absolute Gasteiger partial charge is 0.0271 e. The van der Waals surface area contributed by atoms with Crippen molar-refractivity contribution in [3.63, 3.8) is 0 Å². The Morgan fingerprint density at radius 3 is 2.75 bits per heavy atom. The van der Waals surface area contributed by atoms with Gasteiger partial charge in [-0.05, 0) is 30.7 Å². The van der Waals surface area contributed by atoms with Gasteiger partial charge in [-0.1, -0.05) is 15.9 Å². The Balaban J connectivity index is 2.16. The molecule has 0 saturated heterocycles. The number of hydrogen-bond acceptors (Lipinski definition) is 2. The van der Waals surface area contributed by atoms with Crippen molar-refractivity contribution in [1.82, 2.24) is 10.3 Å². The molecule has 1 aromatic rings. The van der Waals surface area contributed by atoms with Crippen LogP contribution < -0.4 is 5.32 Å². The lowest BCUT2D eigenvalue weighted by atomic mass is 10.3. The Kier molecular flexibility index (Phi) is 4.95. The monoisotopic (exact) mass is 228 g/mol. The number of alkyl halides is 1. The van der Waals surface area contributed by atoms with E-state index in [4.69, 9.17) is 0 Å². The molecule has 0 bridgehead atoms. The summed E-state index contributed by atoms with van der Waals surface area (Å²) in [6, 6.07) is 4.06. The average Bonchev–Trinajstić information content (AvgIpc) is 2.14. The molecule has 0 radical (unpaired) electrons. The fourth-order valence-electron chi connectivity index (χ4n) is 0.925. The summed E-state index contributed by atoms with van der Waals surface area (Å²) in [5.41, 5.74) is 1.29. The van der Waals surface area contributed by atoms with Crippen LogP contribution in [0.1, 0.15) is 12.0 Å². The maximum atomic E-state index is 3.95. The van der Waals surface area contributed by atoms with Gasteiger partial charge in [0, 0.05) is 24.3 Å². The van der Waals surface area contributed by atoms with Crippen molar-refractivity contribution < 1.29 is 0 Å². The van der Waals surface area contributed by atoms with E-state index in [0.717, 1.165) is 18.4 Å². The molecule has 1 aromatic heterocycles. The molecule has 0 aliphatic carbocycles. The van der Waals surface area contributed by atoms with E-state index in [1.54, 1.807) is 0 Å². The van der Waals surface area contributed by atoms with E-state index in [1.165, 1.54) is 12.0 Å². The number of halogens is 1. The van der Waals surface area contributed by atoms with Crippen LogP contribution in [0, 0.1) is 0 Å². The number of aromatic nitrogens is 1. The summed E-state index contributed by atoms with van der Waals surface area (Å²) in [6.07, 6.45) is 4.81. The average molecular weight is 229 g/mol. The zero-order chi connectivity index (χ0) is 8.65. The third-order valence-corrected chi connectivity index (χ3v) is 2.13. The predicted molar refractivity (Wildman–Crippen MR) is 54.4 cm³/mol. The van der Waals surface area contributed by atoms with E-state index in [0.29, 0.717) is 0 Å². The van der Waals surface area contributed by atoms with Gasteiger partial charge in [-0.3, -0.25) is 4.98 Å². The summed E-state index contributed by atoms with van der Waals surface area (Å²) < 4.78 is 0. The first-order chi connectivity index (χ1) is 5.93. The number of pyridine rings is 1. The first kappa shape index (κ1) is 9.68. The second kappa shape index (κ2) is 6.14. The zero-order valence-corrected chi connectivity index (χ0v) is 8.55. The molecule has 0 atom stereocenters. The third-order valence-electron chi connectivity index (χ3n) is 1.57. The van der Waals surface area contributed by atoms with Crippen LogP contribution in [0.3, 0.4) is 0 Å². The van der Waals surface area contributed by atoms with E-state index in [-0.39, 0.29) is 0 Å². The zero-order valence-electron chi connectivity index (χ0n) is 6.96. The molecule has 0 spiro atoms. The number of rotatable bonds is 5. The lowest BCUT2D eigenvalue weighted by molar-refractivity contribution is 0.679. The van der Waals surface area contributed by atoms with Crippen molar-refractivity contribution in [3.05, 3.63) is 30.1 Å². The number of hydrogen-bond donors (Lipinski definition) is 1. The van der Waals surface area contributed by atoms with Crippen LogP contribution in [0.15, 0.2) is 24.5 Å². The van der Waals surface area contributed by atoms with Crippen molar-refractivity contribution in [2.75, 3.05) is 11.9 Å². The number of nitrogens with zero attached hydrogens (tertiary/aromatic N) is 1. The molecule has 0 amide bonds. The summed E-state index contributed by atoms with van der Waals surface area (Å²) in [7, 11) is 0. The van der Waals surface area contributed by atoms with Crippen LogP contribution in [0.25, 0.3) is 0 Å². The largest absolute Gasteiger partial charge is 0.313 e. The normalized spacial score (nSPS) is 10.1. The van der Waals surface area contributed by atoms with Crippen LogP contribution in [0.5, 0.6) is 0 Å². The van der Waals surface area contributed by atoms with Crippen LogP contribution >= 0.6 is 15.9 Å². The van der Waals surface area contributed by atoms with Crippen LogP contribution in [0.2, 0.25) is 0 Å². The van der Waals surface area contributed by atoms with Gasteiger partial charge in [0.1, 0.15) is 0 Å². The Morgan fingerprint density at radius 2 is 2.08 bits per heavy atom. The van der Waals surface area contributed by atoms with Gasteiger partial charge in [-0.2, -0.15) is 0 Å². The summed E-state index contributed by atoms with van der Waals surface area (Å²) in [5, 5.41) is 4.41. The Hall–Kier alpha value is -0.410. The maximum Gasteiger partial charge on any atom is 0.0271 e. The predicted octanol–water partition coefficient (Wildman–Crippen LogP) is 1.96. The Labute approximate surface area is 81.5 Å². The first-order valence-corrected chi connectivity index (χ1v) is 5.21. The van der Waals surface area contributed by atoms with Gasteiger partial charge in [0.15, 0.2) is 0 Å². The van der Waals surface area contributed by atoms with Crippen molar-refractivity contribution in [2.24, 2.45) is 0 Å². The second-order valence-electron chi connectivity index (χ2n) is 2.57. The minimum atomic E-state index is 0.940. The molecule has 66 valence electrons. The highest BCUT2D eigenvalue weighted by Crippen LogP contribution is 1.94. The highest BCUT2D eigenvalue weighted by atomic mass is 79.9. The lowest BCUT2D eigenvalue weighted by Crippen LogP contribution is -2.14. The van der Waals surface area contributed by atoms with Crippen molar-refractivity contribution in [1.29, 1.82) is 0 Å². The van der Waals surface area contributed by atoms with Crippen molar-refractivity contribution in [2.45, 2.75) is 13.0 Å². The summed E-state index contributed by atoms with van der Waals surface area (Å²) in [5.74, 6) is 0. The molecule has 12 heavy (non-hydrogen) atoms. The molecular weight excluding hydrogens is 216 g/mol. The van der Waals surface area contributed by atoms with E-state index in [9.17, 15) is 0 Å². The molecular formula is C9H13BrN2. The van der Waals surface area contributed by atoms with E-state index >= 15 is 0 Å². The van der Waals surface area contributed by atoms with Crippen LogP contribution in [-0.2, 0) is 6.54 Å². The Bertz CT molecular complexity index is 201. The molecule has 0 saturated carbocycles. The molecule has 1 N–H and O–H groups in total. The van der Waals surface area contributed by atoms with Gasteiger partial charge in [0.25, 0.3) is 0 Å². The minimum absolute atomic E-state index is 0.940. The van der Waals surface area contributed by atoms with E-state index in [2.05, 4.69) is 26.2 Å². The summed E-state index contributed by atoms with van der Waals surface area (Å²) in [6.45, 7) is 2.00. The Morgan fingerprint density at radius 1 is 1.33 bits per heavy atom. The third kappa shape index (κ3) is 3.83. The first-order valence-electron chi connectivity index (χ1n) is 4.09. The second-order valence-corrected chi connectivity index (χ2v) is 3.37. The fourth-order valence-corrected chi connectivity index (χ4v) is 1.21. The molecule has 0 aliphatic rings. The SMILES string of the molecule is BrCCCNCc1ccncc1. The highest BCUT2D eigenvalue weighted by Gasteiger charge is 1.89. The van der Waals surface area contributed by atoms with Gasteiger partial charge in [0.05, 0.1) is 0 Å². The number of nitrogens with one attached hydrogen (secondary N) is 1. The van der Waals surface area contributed by atoms with Crippen LogP contribution in [0.4, 0.5) is 0 Å². The van der Waals surface area contributed by atoms with Crippen molar-refractivity contribution in [3.8, 4) is 0 Å². The van der Waals surface area contributed by atoms with Gasteiger partial charge in [-0.15, -0.1) is 0 Å². The van der Waals surface area contributed by atoms with E-state index < -0.39 is 0 Å². The van der Waals surface area contributed by atoms with E-state index in [1.807, 2.05) is 24.5 Å². The quantitative estimate of drug-likeness (QED) is 0.616. The van der Waals surface area contributed by atoms with Gasteiger partial charge in [0.2, 0.25) is 0 Å². The molecule has 0 unspecified atom stereocenters. The van der Waals surface area contributed by atoms with Crippen LogP contribution in [-0.4, -0.2) is 16.9 Å².